The predicted octanol–water partition coefficient (Wildman–Crippen LogP) is 3.41. The van der Waals surface area contributed by atoms with Crippen molar-refractivity contribution in [3.63, 3.8) is 0 Å². The maximum absolute atomic E-state index is 12.5. The van der Waals surface area contributed by atoms with Crippen LogP contribution in [-0.4, -0.2) is 24.6 Å². The molecule has 5 nitrogen and oxygen atoms in total. The number of benzene rings is 1. The summed E-state index contributed by atoms with van der Waals surface area (Å²) < 4.78 is 27.9. The second kappa shape index (κ2) is 7.64. The van der Waals surface area contributed by atoms with E-state index in [1.807, 2.05) is 12.1 Å². The number of aliphatic hydroxyl groups is 1. The van der Waals surface area contributed by atoms with Gasteiger partial charge in [-0.05, 0) is 44.0 Å². The fourth-order valence-electron chi connectivity index (χ4n) is 3.16. The number of sulfonamides is 1. The molecule has 2 aromatic rings. The van der Waals surface area contributed by atoms with Gasteiger partial charge in [0.25, 0.3) is 0 Å². The van der Waals surface area contributed by atoms with Crippen molar-refractivity contribution in [2.75, 3.05) is 0 Å². The zero-order chi connectivity index (χ0) is 17.9. The Hall–Kier alpha value is -1.76. The molecule has 1 aromatic heterocycles. The summed E-state index contributed by atoms with van der Waals surface area (Å²) in [5.41, 5.74) is 2.12. The van der Waals surface area contributed by atoms with Crippen LogP contribution in [0.5, 0.6) is 0 Å². The van der Waals surface area contributed by atoms with E-state index in [0.717, 1.165) is 31.2 Å². The Bertz CT molecular complexity index is 811. The number of rotatable bonds is 5. The van der Waals surface area contributed by atoms with Gasteiger partial charge in [0, 0.05) is 11.6 Å². The highest BCUT2D eigenvalue weighted by Gasteiger charge is 2.21. The number of hydrogen-bond donors (Lipinski definition) is 2. The van der Waals surface area contributed by atoms with Crippen molar-refractivity contribution in [2.24, 2.45) is 0 Å². The first-order valence-electron chi connectivity index (χ1n) is 8.73. The first-order chi connectivity index (χ1) is 12.0. The van der Waals surface area contributed by atoms with Crippen LogP contribution in [-0.2, 0) is 10.0 Å². The summed E-state index contributed by atoms with van der Waals surface area (Å²) in [7, 11) is -3.49. The van der Waals surface area contributed by atoms with Crippen molar-refractivity contribution in [3.05, 3.63) is 48.2 Å². The predicted molar refractivity (Wildman–Crippen MR) is 97.5 cm³/mol. The van der Waals surface area contributed by atoms with Gasteiger partial charge < -0.3 is 5.11 Å². The maximum atomic E-state index is 12.5. The molecule has 25 heavy (non-hydrogen) atoms. The van der Waals surface area contributed by atoms with Gasteiger partial charge in [-0.25, -0.2) is 13.1 Å². The summed E-state index contributed by atoms with van der Waals surface area (Å²) in [4.78, 5) is 4.68. The molecule has 0 radical (unpaired) electrons. The van der Waals surface area contributed by atoms with Crippen LogP contribution in [0, 0.1) is 0 Å². The van der Waals surface area contributed by atoms with E-state index in [4.69, 9.17) is 0 Å². The molecule has 1 fully saturated rings. The molecule has 1 atom stereocenters. The highest BCUT2D eigenvalue weighted by molar-refractivity contribution is 7.89. The molecule has 1 aliphatic rings. The Labute approximate surface area is 149 Å². The zero-order valence-corrected chi connectivity index (χ0v) is 15.2. The van der Waals surface area contributed by atoms with E-state index >= 15 is 0 Å². The van der Waals surface area contributed by atoms with E-state index in [1.54, 1.807) is 37.3 Å². The number of pyridine rings is 1. The average molecular weight is 360 g/mol. The summed E-state index contributed by atoms with van der Waals surface area (Å²) in [5, 5.41) is 9.65. The van der Waals surface area contributed by atoms with Gasteiger partial charge >= 0.3 is 0 Å². The van der Waals surface area contributed by atoms with Gasteiger partial charge in [0.15, 0.2) is 0 Å². The van der Waals surface area contributed by atoms with Gasteiger partial charge in [-0.3, -0.25) is 4.98 Å². The van der Waals surface area contributed by atoms with Crippen molar-refractivity contribution in [1.29, 1.82) is 0 Å². The van der Waals surface area contributed by atoms with Gasteiger partial charge in [-0.2, -0.15) is 0 Å². The molecule has 0 aliphatic heterocycles. The lowest BCUT2D eigenvalue weighted by molar-refractivity contribution is 0.194. The van der Waals surface area contributed by atoms with Gasteiger partial charge in [-0.15, -0.1) is 0 Å². The van der Waals surface area contributed by atoms with Gasteiger partial charge in [0.2, 0.25) is 10.0 Å². The molecule has 0 amide bonds. The van der Waals surface area contributed by atoms with Crippen LogP contribution in [0.25, 0.3) is 11.3 Å². The molecule has 1 aromatic carbocycles. The lowest BCUT2D eigenvalue weighted by atomic mass is 9.96. The van der Waals surface area contributed by atoms with E-state index in [1.165, 1.54) is 6.42 Å². The highest BCUT2D eigenvalue weighted by Crippen LogP contribution is 2.23. The molecule has 2 N–H and O–H groups in total. The minimum atomic E-state index is -3.49. The van der Waals surface area contributed by atoms with E-state index in [2.05, 4.69) is 9.71 Å². The number of hydrogen-bond acceptors (Lipinski definition) is 4. The Morgan fingerprint density at radius 3 is 2.40 bits per heavy atom. The standard InChI is InChI=1S/C19H24N2O3S/c1-14(22)18-8-5-9-19(20-18)15-10-12-17(13-11-15)25(23,24)21-16-6-3-2-4-7-16/h5,8-14,16,21-22H,2-4,6-7H2,1H3/t14-/m1/s1. The second-order valence-electron chi connectivity index (χ2n) is 6.60. The van der Waals surface area contributed by atoms with E-state index in [0.29, 0.717) is 11.4 Å². The van der Waals surface area contributed by atoms with Crippen LogP contribution >= 0.6 is 0 Å². The molecule has 0 bridgehead atoms. The fraction of sp³-hybridized carbons (Fsp3) is 0.421. The van der Waals surface area contributed by atoms with Crippen LogP contribution in [0.4, 0.5) is 0 Å². The second-order valence-corrected chi connectivity index (χ2v) is 8.32. The lowest BCUT2D eigenvalue weighted by Gasteiger charge is -2.22. The summed E-state index contributed by atoms with van der Waals surface area (Å²) in [5.74, 6) is 0. The van der Waals surface area contributed by atoms with E-state index in [9.17, 15) is 13.5 Å². The van der Waals surface area contributed by atoms with Gasteiger partial charge in [-0.1, -0.05) is 37.5 Å². The van der Waals surface area contributed by atoms with Crippen molar-refractivity contribution < 1.29 is 13.5 Å². The van der Waals surface area contributed by atoms with Gasteiger partial charge in [0.05, 0.1) is 22.4 Å². The van der Waals surface area contributed by atoms with Crippen molar-refractivity contribution in [1.82, 2.24) is 9.71 Å². The number of nitrogens with one attached hydrogen (secondary N) is 1. The highest BCUT2D eigenvalue weighted by atomic mass is 32.2. The molecule has 6 heteroatoms. The van der Waals surface area contributed by atoms with E-state index < -0.39 is 16.1 Å². The maximum Gasteiger partial charge on any atom is 0.240 e. The van der Waals surface area contributed by atoms with Crippen molar-refractivity contribution >= 4 is 10.0 Å². The Kier molecular flexibility index (Phi) is 5.51. The third kappa shape index (κ3) is 4.45. The molecular formula is C19H24N2O3S. The molecule has 134 valence electrons. The summed E-state index contributed by atoms with van der Waals surface area (Å²) in [6.07, 6.45) is 4.53. The first-order valence-corrected chi connectivity index (χ1v) is 10.2. The summed E-state index contributed by atoms with van der Waals surface area (Å²) in [6.45, 7) is 1.67. The Balaban J connectivity index is 1.78. The fourth-order valence-corrected chi connectivity index (χ4v) is 4.46. The number of aliphatic hydroxyl groups excluding tert-OH is 1. The monoisotopic (exact) mass is 360 g/mol. The van der Waals surface area contributed by atoms with Crippen LogP contribution in [0.3, 0.4) is 0 Å². The first kappa shape index (κ1) is 18.0. The quantitative estimate of drug-likeness (QED) is 0.856. The largest absolute Gasteiger partial charge is 0.387 e. The molecule has 1 saturated carbocycles. The van der Waals surface area contributed by atoms with Crippen LogP contribution in [0.15, 0.2) is 47.4 Å². The number of aromatic nitrogens is 1. The van der Waals surface area contributed by atoms with Crippen molar-refractivity contribution in [2.45, 2.75) is 56.1 Å². The summed E-state index contributed by atoms with van der Waals surface area (Å²) in [6, 6.07) is 12.2. The minimum absolute atomic E-state index is 0.0443. The topological polar surface area (TPSA) is 79.3 Å². The third-order valence-electron chi connectivity index (χ3n) is 4.59. The Morgan fingerprint density at radius 2 is 1.76 bits per heavy atom. The molecule has 0 unspecified atom stereocenters. The SMILES string of the molecule is C[C@@H](O)c1cccc(-c2ccc(S(=O)(=O)NC3CCCCC3)cc2)n1. The minimum Gasteiger partial charge on any atom is -0.387 e. The smallest absolute Gasteiger partial charge is 0.240 e. The average Bonchev–Trinajstić information content (AvgIpc) is 2.62. The van der Waals surface area contributed by atoms with Crippen LogP contribution in [0.2, 0.25) is 0 Å². The Morgan fingerprint density at radius 1 is 1.08 bits per heavy atom. The zero-order valence-electron chi connectivity index (χ0n) is 14.4. The van der Waals surface area contributed by atoms with Crippen LogP contribution < -0.4 is 4.72 Å². The van der Waals surface area contributed by atoms with E-state index in [-0.39, 0.29) is 10.9 Å². The lowest BCUT2D eigenvalue weighted by Crippen LogP contribution is -2.36. The van der Waals surface area contributed by atoms with Crippen LogP contribution in [0.1, 0.15) is 50.8 Å². The van der Waals surface area contributed by atoms with Gasteiger partial charge in [0.1, 0.15) is 0 Å². The van der Waals surface area contributed by atoms with Crippen molar-refractivity contribution in [3.8, 4) is 11.3 Å². The molecule has 3 rings (SSSR count). The summed E-state index contributed by atoms with van der Waals surface area (Å²) >= 11 is 0. The number of nitrogens with zero attached hydrogens (tertiary/aromatic N) is 1. The molecular weight excluding hydrogens is 336 g/mol. The normalized spacial score (nSPS) is 17.4. The molecule has 0 spiro atoms. The molecule has 1 aliphatic carbocycles. The molecule has 0 saturated heterocycles. The third-order valence-corrected chi connectivity index (χ3v) is 6.12. The molecule has 1 heterocycles.